The van der Waals surface area contributed by atoms with E-state index in [1.807, 2.05) is 0 Å². The van der Waals surface area contributed by atoms with Gasteiger partial charge >= 0.3 is 0 Å². The van der Waals surface area contributed by atoms with Gasteiger partial charge in [0.15, 0.2) is 0 Å². The van der Waals surface area contributed by atoms with Crippen LogP contribution < -0.4 is 10.1 Å². The smallest absolute Gasteiger partial charge is 0.143 e. The molecule has 122 valence electrons. The first-order chi connectivity index (χ1) is 11.8. The molecular formula is C18H17FN4O. The summed E-state index contributed by atoms with van der Waals surface area (Å²) in [5, 5.41) is 4.51. The first-order valence-electron chi connectivity index (χ1n) is 8.30. The highest BCUT2D eigenvalue weighted by Crippen LogP contribution is 2.41. The number of benzene rings is 1. The molecule has 2 N–H and O–H groups in total. The van der Waals surface area contributed by atoms with E-state index >= 15 is 0 Å². The van der Waals surface area contributed by atoms with Gasteiger partial charge in [0, 0.05) is 23.7 Å². The molecule has 1 atom stereocenters. The standard InChI is InChI=1S/C18H17FN4O/c19-11-3-4-12-14(5-6-24-16(12)7-11)22-17-13-8-15(10-1-2-10)23-18(13)21-9-20-17/h3-4,7-10,14H,1-2,5-6H2,(H2,20,21,22,23)/t14-/m0/s1. The van der Waals surface area contributed by atoms with E-state index in [0.29, 0.717) is 18.3 Å². The third-order valence-electron chi connectivity index (χ3n) is 4.79. The zero-order valence-corrected chi connectivity index (χ0v) is 13.1. The molecule has 1 aliphatic heterocycles. The fourth-order valence-electron chi connectivity index (χ4n) is 3.37. The lowest BCUT2D eigenvalue weighted by Gasteiger charge is -2.27. The highest BCUT2D eigenvalue weighted by molar-refractivity contribution is 5.88. The topological polar surface area (TPSA) is 62.8 Å². The maximum absolute atomic E-state index is 13.4. The molecule has 2 aromatic heterocycles. The second-order valence-corrected chi connectivity index (χ2v) is 6.50. The summed E-state index contributed by atoms with van der Waals surface area (Å²) in [5.41, 5.74) is 3.07. The second kappa shape index (κ2) is 5.19. The monoisotopic (exact) mass is 324 g/mol. The van der Waals surface area contributed by atoms with Crippen molar-refractivity contribution in [2.75, 3.05) is 11.9 Å². The van der Waals surface area contributed by atoms with E-state index < -0.39 is 0 Å². The van der Waals surface area contributed by atoms with Crippen molar-refractivity contribution in [3.63, 3.8) is 0 Å². The van der Waals surface area contributed by atoms with Gasteiger partial charge < -0.3 is 15.0 Å². The average Bonchev–Trinajstić information content (AvgIpc) is 3.34. The van der Waals surface area contributed by atoms with Crippen LogP contribution in [0, 0.1) is 5.82 Å². The largest absolute Gasteiger partial charge is 0.493 e. The van der Waals surface area contributed by atoms with Crippen molar-refractivity contribution < 1.29 is 9.13 Å². The molecule has 1 aliphatic carbocycles. The molecule has 0 radical (unpaired) electrons. The molecule has 1 saturated carbocycles. The molecule has 24 heavy (non-hydrogen) atoms. The van der Waals surface area contributed by atoms with Crippen LogP contribution in [0.4, 0.5) is 10.2 Å². The number of nitrogens with zero attached hydrogens (tertiary/aromatic N) is 2. The number of anilines is 1. The van der Waals surface area contributed by atoms with Crippen molar-refractivity contribution in [1.29, 1.82) is 0 Å². The number of rotatable bonds is 3. The van der Waals surface area contributed by atoms with Crippen molar-refractivity contribution in [2.45, 2.75) is 31.2 Å². The summed E-state index contributed by atoms with van der Waals surface area (Å²) in [6, 6.07) is 6.90. The highest BCUT2D eigenvalue weighted by Gasteiger charge is 2.27. The van der Waals surface area contributed by atoms with Gasteiger partial charge in [-0.3, -0.25) is 0 Å². The van der Waals surface area contributed by atoms with Crippen LogP contribution in [0.5, 0.6) is 5.75 Å². The van der Waals surface area contributed by atoms with Gasteiger partial charge in [0.2, 0.25) is 0 Å². The summed E-state index contributed by atoms with van der Waals surface area (Å²) >= 11 is 0. The Labute approximate surface area is 138 Å². The summed E-state index contributed by atoms with van der Waals surface area (Å²) in [7, 11) is 0. The van der Waals surface area contributed by atoms with Gasteiger partial charge in [0.1, 0.15) is 29.4 Å². The quantitative estimate of drug-likeness (QED) is 0.767. The number of fused-ring (bicyclic) bond motifs is 2. The maximum atomic E-state index is 13.4. The van der Waals surface area contributed by atoms with Crippen molar-refractivity contribution in [1.82, 2.24) is 15.0 Å². The summed E-state index contributed by atoms with van der Waals surface area (Å²) in [5.74, 6) is 1.78. The summed E-state index contributed by atoms with van der Waals surface area (Å²) in [6.07, 6.45) is 4.86. The van der Waals surface area contributed by atoms with E-state index in [1.165, 1.54) is 30.7 Å². The lowest BCUT2D eigenvalue weighted by atomic mass is 10.0. The average molecular weight is 324 g/mol. The van der Waals surface area contributed by atoms with Crippen LogP contribution in [0.3, 0.4) is 0 Å². The Hall–Kier alpha value is -2.63. The zero-order chi connectivity index (χ0) is 16.1. The van der Waals surface area contributed by atoms with Crippen molar-refractivity contribution in [3.8, 4) is 5.75 Å². The molecule has 6 heteroatoms. The number of nitrogens with one attached hydrogen (secondary N) is 2. The molecule has 1 fully saturated rings. The van der Waals surface area contributed by atoms with E-state index in [4.69, 9.17) is 4.74 Å². The molecule has 0 amide bonds. The Morgan fingerprint density at radius 1 is 1.17 bits per heavy atom. The Morgan fingerprint density at radius 2 is 2.08 bits per heavy atom. The van der Waals surface area contributed by atoms with Crippen molar-refractivity contribution in [3.05, 3.63) is 47.7 Å². The van der Waals surface area contributed by atoms with Crippen LogP contribution in [0.1, 0.15) is 42.5 Å². The molecule has 2 aliphatic rings. The minimum absolute atomic E-state index is 0.0479. The number of aromatic nitrogens is 3. The SMILES string of the molecule is Fc1ccc2c(c1)OCC[C@@H]2Nc1ncnc2[nH]c(C3CC3)cc12. The predicted molar refractivity (Wildman–Crippen MR) is 88.7 cm³/mol. The number of halogens is 1. The number of ether oxygens (including phenoxy) is 1. The van der Waals surface area contributed by atoms with E-state index in [1.54, 1.807) is 12.4 Å². The molecular weight excluding hydrogens is 307 g/mol. The fraction of sp³-hybridized carbons (Fsp3) is 0.333. The zero-order valence-electron chi connectivity index (χ0n) is 13.1. The third kappa shape index (κ3) is 2.29. The van der Waals surface area contributed by atoms with Crippen LogP contribution in [0.25, 0.3) is 11.0 Å². The van der Waals surface area contributed by atoms with Gasteiger partial charge in [0.25, 0.3) is 0 Å². The van der Waals surface area contributed by atoms with E-state index in [9.17, 15) is 4.39 Å². The highest BCUT2D eigenvalue weighted by atomic mass is 19.1. The molecule has 3 heterocycles. The Kier molecular flexibility index (Phi) is 2.98. The number of H-pyrrole nitrogens is 1. The maximum Gasteiger partial charge on any atom is 0.143 e. The molecule has 5 rings (SSSR count). The van der Waals surface area contributed by atoms with E-state index in [-0.39, 0.29) is 11.9 Å². The van der Waals surface area contributed by atoms with Gasteiger partial charge in [-0.2, -0.15) is 0 Å². The minimum atomic E-state index is -0.279. The first kappa shape index (κ1) is 13.8. The van der Waals surface area contributed by atoms with Crippen LogP contribution in [-0.2, 0) is 0 Å². The minimum Gasteiger partial charge on any atom is -0.493 e. The molecule has 0 unspecified atom stereocenters. The van der Waals surface area contributed by atoms with E-state index in [0.717, 1.165) is 28.8 Å². The molecule has 5 nitrogen and oxygen atoms in total. The van der Waals surface area contributed by atoms with Gasteiger partial charge in [-0.1, -0.05) is 6.07 Å². The van der Waals surface area contributed by atoms with Gasteiger partial charge in [-0.15, -0.1) is 0 Å². The van der Waals surface area contributed by atoms with E-state index in [2.05, 4.69) is 26.3 Å². The first-order valence-corrected chi connectivity index (χ1v) is 8.30. The Morgan fingerprint density at radius 3 is 2.96 bits per heavy atom. The van der Waals surface area contributed by atoms with Crippen LogP contribution >= 0.6 is 0 Å². The van der Waals surface area contributed by atoms with Gasteiger partial charge in [0.05, 0.1) is 18.0 Å². The van der Waals surface area contributed by atoms with Crippen molar-refractivity contribution >= 4 is 16.9 Å². The summed E-state index contributed by atoms with van der Waals surface area (Å²) < 4.78 is 19.0. The molecule has 1 aromatic carbocycles. The lowest BCUT2D eigenvalue weighted by molar-refractivity contribution is 0.272. The second-order valence-electron chi connectivity index (χ2n) is 6.50. The molecule has 0 saturated heterocycles. The normalized spacial score (nSPS) is 19.8. The molecule has 0 bridgehead atoms. The molecule has 3 aromatic rings. The summed E-state index contributed by atoms with van der Waals surface area (Å²) in [6.45, 7) is 0.558. The van der Waals surface area contributed by atoms with Crippen LogP contribution in [-0.4, -0.2) is 21.6 Å². The van der Waals surface area contributed by atoms with Gasteiger partial charge in [-0.05, 0) is 30.9 Å². The molecule has 0 spiro atoms. The summed E-state index contributed by atoms with van der Waals surface area (Å²) in [4.78, 5) is 12.2. The van der Waals surface area contributed by atoms with Crippen LogP contribution in [0.2, 0.25) is 0 Å². The Balaban J connectivity index is 1.51. The van der Waals surface area contributed by atoms with Crippen molar-refractivity contribution in [2.24, 2.45) is 0 Å². The van der Waals surface area contributed by atoms with Crippen LogP contribution in [0.15, 0.2) is 30.6 Å². The number of aromatic amines is 1. The number of hydrogen-bond acceptors (Lipinski definition) is 4. The predicted octanol–water partition coefficient (Wildman–Crippen LogP) is 3.91. The number of hydrogen-bond donors (Lipinski definition) is 2. The van der Waals surface area contributed by atoms with Gasteiger partial charge in [-0.25, -0.2) is 14.4 Å². The third-order valence-corrected chi connectivity index (χ3v) is 4.79. The Bertz CT molecular complexity index is 919. The fourth-order valence-corrected chi connectivity index (χ4v) is 3.37. The lowest BCUT2D eigenvalue weighted by Crippen LogP contribution is -2.21.